The molecule has 0 atom stereocenters. The van der Waals surface area contributed by atoms with Crippen molar-refractivity contribution in [2.75, 3.05) is 13.7 Å². The second-order valence-electron chi connectivity index (χ2n) is 4.35. The second kappa shape index (κ2) is 7.13. The summed E-state index contributed by atoms with van der Waals surface area (Å²) >= 11 is 3.39. The van der Waals surface area contributed by atoms with Crippen LogP contribution < -0.4 is 14.2 Å². The smallest absolute Gasteiger partial charge is 0.349 e. The summed E-state index contributed by atoms with van der Waals surface area (Å²) in [6, 6.07) is 12.3. The highest BCUT2D eigenvalue weighted by molar-refractivity contribution is 9.10. The minimum absolute atomic E-state index is 0.151. The molecule has 0 spiro atoms. The number of rotatable bonds is 5. The highest BCUT2D eigenvalue weighted by atomic mass is 79.9. The van der Waals surface area contributed by atoms with Crippen LogP contribution in [0.4, 0.5) is 0 Å². The molecule has 4 nitrogen and oxygen atoms in total. The van der Waals surface area contributed by atoms with Crippen molar-refractivity contribution in [1.29, 1.82) is 0 Å². The molecule has 5 heteroatoms. The maximum Gasteiger partial charge on any atom is 0.349 e. The van der Waals surface area contributed by atoms with Gasteiger partial charge in [-0.25, -0.2) is 4.79 Å². The zero-order valence-electron chi connectivity index (χ0n) is 11.8. The normalized spacial score (nSPS) is 10.0. The molecule has 0 amide bonds. The van der Waals surface area contributed by atoms with Gasteiger partial charge in [-0.15, -0.1) is 0 Å². The maximum atomic E-state index is 11.7. The minimum Gasteiger partial charge on any atom is -0.497 e. The molecule has 0 saturated heterocycles. The lowest BCUT2D eigenvalue weighted by atomic mass is 10.2. The van der Waals surface area contributed by atoms with Gasteiger partial charge in [-0.05, 0) is 55.0 Å². The van der Waals surface area contributed by atoms with Crippen LogP contribution in [-0.2, 0) is 4.79 Å². The van der Waals surface area contributed by atoms with Crippen molar-refractivity contribution in [2.45, 2.75) is 6.92 Å². The largest absolute Gasteiger partial charge is 0.497 e. The molecule has 0 fully saturated rings. The zero-order valence-corrected chi connectivity index (χ0v) is 13.3. The Bertz CT molecular complexity index is 623. The number of hydrogen-bond donors (Lipinski definition) is 0. The van der Waals surface area contributed by atoms with Crippen molar-refractivity contribution in [3.05, 3.63) is 52.5 Å². The minimum atomic E-state index is -0.451. The molecule has 0 heterocycles. The van der Waals surface area contributed by atoms with Crippen molar-refractivity contribution in [3.8, 4) is 17.2 Å². The van der Waals surface area contributed by atoms with E-state index in [9.17, 15) is 4.79 Å². The van der Waals surface area contributed by atoms with Crippen LogP contribution in [0.5, 0.6) is 17.2 Å². The van der Waals surface area contributed by atoms with Crippen LogP contribution in [0.25, 0.3) is 0 Å². The molecule has 2 aromatic carbocycles. The summed E-state index contributed by atoms with van der Waals surface area (Å²) in [4.78, 5) is 11.7. The van der Waals surface area contributed by atoms with E-state index in [1.807, 2.05) is 13.0 Å². The molecular formula is C16H15BrO4. The highest BCUT2D eigenvalue weighted by Gasteiger charge is 2.07. The number of carbonyl (C=O) groups is 1. The van der Waals surface area contributed by atoms with Crippen molar-refractivity contribution in [1.82, 2.24) is 0 Å². The van der Waals surface area contributed by atoms with E-state index < -0.39 is 5.97 Å². The standard InChI is InChI=1S/C16H15BrO4/c1-11-9-14(7-8-15(11)17)21-16(18)10-20-13-5-3-12(19-2)4-6-13/h3-9H,10H2,1-2H3. The fourth-order valence-corrected chi connectivity index (χ4v) is 1.90. The van der Waals surface area contributed by atoms with Crippen molar-refractivity contribution >= 4 is 21.9 Å². The first-order chi connectivity index (χ1) is 10.1. The molecule has 0 N–H and O–H groups in total. The van der Waals surface area contributed by atoms with Gasteiger partial charge in [-0.1, -0.05) is 15.9 Å². The predicted octanol–water partition coefficient (Wildman–Crippen LogP) is 3.75. The lowest BCUT2D eigenvalue weighted by molar-refractivity contribution is -0.136. The van der Waals surface area contributed by atoms with E-state index in [1.165, 1.54) is 0 Å². The number of esters is 1. The van der Waals surface area contributed by atoms with E-state index >= 15 is 0 Å². The van der Waals surface area contributed by atoms with Crippen LogP contribution >= 0.6 is 15.9 Å². The van der Waals surface area contributed by atoms with Gasteiger partial charge in [0.2, 0.25) is 0 Å². The number of ether oxygens (including phenoxy) is 3. The molecular weight excluding hydrogens is 336 g/mol. The van der Waals surface area contributed by atoms with Gasteiger partial charge in [0.1, 0.15) is 17.2 Å². The van der Waals surface area contributed by atoms with Gasteiger partial charge in [0.05, 0.1) is 7.11 Å². The molecule has 0 saturated carbocycles. The summed E-state index contributed by atoms with van der Waals surface area (Å²) in [7, 11) is 1.59. The monoisotopic (exact) mass is 350 g/mol. The van der Waals surface area contributed by atoms with Gasteiger partial charge >= 0.3 is 5.97 Å². The lowest BCUT2D eigenvalue weighted by Crippen LogP contribution is -2.17. The van der Waals surface area contributed by atoms with Gasteiger partial charge in [-0.2, -0.15) is 0 Å². The van der Waals surface area contributed by atoms with Gasteiger partial charge in [0.25, 0.3) is 0 Å². The van der Waals surface area contributed by atoms with E-state index in [0.29, 0.717) is 11.5 Å². The molecule has 2 rings (SSSR count). The Balaban J connectivity index is 1.87. The first-order valence-corrected chi connectivity index (χ1v) is 7.11. The summed E-state index contributed by atoms with van der Waals surface area (Å²) in [6.07, 6.45) is 0. The third-order valence-corrected chi connectivity index (χ3v) is 3.67. The predicted molar refractivity (Wildman–Crippen MR) is 83.0 cm³/mol. The molecule has 2 aromatic rings. The SMILES string of the molecule is COc1ccc(OCC(=O)Oc2ccc(Br)c(C)c2)cc1. The van der Waals surface area contributed by atoms with E-state index in [1.54, 1.807) is 43.5 Å². The van der Waals surface area contributed by atoms with Gasteiger partial charge in [0.15, 0.2) is 6.61 Å². The molecule has 0 aliphatic heterocycles. The zero-order chi connectivity index (χ0) is 15.2. The Morgan fingerprint density at radius 1 is 1.05 bits per heavy atom. The van der Waals surface area contributed by atoms with Crippen LogP contribution in [0.3, 0.4) is 0 Å². The second-order valence-corrected chi connectivity index (χ2v) is 5.20. The molecule has 21 heavy (non-hydrogen) atoms. The van der Waals surface area contributed by atoms with E-state index in [0.717, 1.165) is 15.8 Å². The summed E-state index contributed by atoms with van der Waals surface area (Å²) in [5, 5.41) is 0. The van der Waals surface area contributed by atoms with Crippen LogP contribution in [-0.4, -0.2) is 19.7 Å². The van der Waals surface area contributed by atoms with Gasteiger partial charge in [0, 0.05) is 4.47 Å². The van der Waals surface area contributed by atoms with E-state index in [4.69, 9.17) is 14.2 Å². The van der Waals surface area contributed by atoms with Crippen molar-refractivity contribution < 1.29 is 19.0 Å². The fraction of sp³-hybridized carbons (Fsp3) is 0.188. The molecule has 0 radical (unpaired) electrons. The highest BCUT2D eigenvalue weighted by Crippen LogP contribution is 2.22. The molecule has 0 bridgehead atoms. The quantitative estimate of drug-likeness (QED) is 0.608. The molecule has 0 aliphatic carbocycles. The Morgan fingerprint density at radius 2 is 1.67 bits per heavy atom. The third-order valence-electron chi connectivity index (χ3n) is 2.78. The van der Waals surface area contributed by atoms with Crippen molar-refractivity contribution in [2.24, 2.45) is 0 Å². The summed E-state index contributed by atoms with van der Waals surface area (Å²) in [5.74, 6) is 1.36. The summed E-state index contributed by atoms with van der Waals surface area (Å²) in [5.41, 5.74) is 0.997. The topological polar surface area (TPSA) is 44.8 Å². The number of aryl methyl sites for hydroxylation is 1. The average Bonchev–Trinajstić information content (AvgIpc) is 2.49. The molecule has 0 aliphatic rings. The Labute approximate surface area is 131 Å². The Hall–Kier alpha value is -2.01. The molecule has 0 aromatic heterocycles. The number of benzene rings is 2. The number of hydrogen-bond acceptors (Lipinski definition) is 4. The van der Waals surface area contributed by atoms with E-state index in [-0.39, 0.29) is 6.61 Å². The van der Waals surface area contributed by atoms with Crippen LogP contribution in [0.2, 0.25) is 0 Å². The first kappa shape index (κ1) is 15.4. The Kier molecular flexibility index (Phi) is 5.22. The molecule has 0 unspecified atom stereocenters. The third kappa shape index (κ3) is 4.49. The lowest BCUT2D eigenvalue weighted by Gasteiger charge is -2.08. The number of methoxy groups -OCH3 is 1. The number of halogens is 1. The average molecular weight is 351 g/mol. The molecule has 110 valence electrons. The Morgan fingerprint density at radius 3 is 2.29 bits per heavy atom. The van der Waals surface area contributed by atoms with Crippen LogP contribution in [0, 0.1) is 6.92 Å². The first-order valence-electron chi connectivity index (χ1n) is 6.32. The van der Waals surface area contributed by atoms with Crippen molar-refractivity contribution in [3.63, 3.8) is 0 Å². The van der Waals surface area contributed by atoms with Crippen LogP contribution in [0.15, 0.2) is 46.9 Å². The van der Waals surface area contributed by atoms with E-state index in [2.05, 4.69) is 15.9 Å². The summed E-state index contributed by atoms with van der Waals surface area (Å²) in [6.45, 7) is 1.77. The van der Waals surface area contributed by atoms with Crippen LogP contribution in [0.1, 0.15) is 5.56 Å². The van der Waals surface area contributed by atoms with Gasteiger partial charge < -0.3 is 14.2 Å². The number of carbonyl (C=O) groups excluding carboxylic acids is 1. The summed E-state index contributed by atoms with van der Waals surface area (Å²) < 4.78 is 16.6. The van der Waals surface area contributed by atoms with Gasteiger partial charge in [-0.3, -0.25) is 0 Å². The fourth-order valence-electron chi connectivity index (χ4n) is 1.66. The maximum absolute atomic E-state index is 11.7.